The van der Waals surface area contributed by atoms with Crippen molar-refractivity contribution in [2.24, 2.45) is 0 Å². The van der Waals surface area contributed by atoms with E-state index in [1.165, 1.54) is 11.6 Å². The molecule has 1 atom stereocenters. The van der Waals surface area contributed by atoms with Crippen molar-refractivity contribution >= 4 is 17.5 Å². The minimum Gasteiger partial charge on any atom is -0.491 e. The highest BCUT2D eigenvalue weighted by atomic mass is 32.2. The zero-order chi connectivity index (χ0) is 17.9. The molecule has 0 amide bonds. The largest absolute Gasteiger partial charge is 0.491 e. The Bertz CT molecular complexity index is 796. The Kier molecular flexibility index (Phi) is 5.27. The van der Waals surface area contributed by atoms with E-state index < -0.39 is 5.82 Å². The molecule has 0 aliphatic carbocycles. The van der Waals surface area contributed by atoms with E-state index in [1.54, 1.807) is 17.8 Å². The van der Waals surface area contributed by atoms with Gasteiger partial charge in [0.2, 0.25) is 0 Å². The first-order chi connectivity index (χ1) is 12.7. The molecule has 3 nitrogen and oxygen atoms in total. The summed E-state index contributed by atoms with van der Waals surface area (Å²) in [5.74, 6) is 1.32. The van der Waals surface area contributed by atoms with Gasteiger partial charge in [-0.1, -0.05) is 30.3 Å². The van der Waals surface area contributed by atoms with Crippen LogP contribution in [0.1, 0.15) is 34.7 Å². The summed E-state index contributed by atoms with van der Waals surface area (Å²) in [6.07, 6.45) is 1.46. The molecule has 1 saturated heterocycles. The molecule has 2 aromatic rings. The van der Waals surface area contributed by atoms with Crippen LogP contribution in [0, 0.1) is 5.82 Å². The van der Waals surface area contributed by atoms with Crippen molar-refractivity contribution in [1.82, 2.24) is 4.90 Å². The van der Waals surface area contributed by atoms with Crippen molar-refractivity contribution in [1.29, 1.82) is 0 Å². The number of carbonyl (C=O) groups excluding carboxylic acids is 1. The normalized spacial score (nSPS) is 19.8. The molecule has 2 aliphatic rings. The van der Waals surface area contributed by atoms with Gasteiger partial charge in [0, 0.05) is 31.3 Å². The number of carbonyl (C=O) groups is 1. The molecular weight excluding hydrogens is 349 g/mol. The monoisotopic (exact) mass is 371 g/mol. The molecule has 1 fully saturated rings. The average Bonchev–Trinajstić information content (AvgIpc) is 3.15. The molecule has 0 radical (unpaired) electrons. The number of nitrogens with zero attached hydrogens (tertiary/aromatic N) is 1. The molecule has 0 bridgehead atoms. The quantitative estimate of drug-likeness (QED) is 0.730. The number of halogens is 1. The van der Waals surface area contributed by atoms with Gasteiger partial charge in [-0.15, -0.1) is 11.8 Å². The maximum absolute atomic E-state index is 14.3. The lowest BCUT2D eigenvalue weighted by atomic mass is 9.99. The summed E-state index contributed by atoms with van der Waals surface area (Å²) in [4.78, 5) is 15.7. The van der Waals surface area contributed by atoms with Crippen molar-refractivity contribution in [3.8, 4) is 5.75 Å². The van der Waals surface area contributed by atoms with E-state index in [0.717, 1.165) is 30.2 Å². The summed E-state index contributed by atoms with van der Waals surface area (Å²) in [6.45, 7) is 3.22. The zero-order valence-electron chi connectivity index (χ0n) is 14.6. The highest BCUT2D eigenvalue weighted by Gasteiger charge is 2.25. The smallest absolute Gasteiger partial charge is 0.167 e. The first kappa shape index (κ1) is 17.6. The maximum Gasteiger partial charge on any atom is 0.167 e. The standard InChI is InChI=1S/C21H22FNO2S/c22-18-13-20-21(26-11-10-25-20)12-17(18)19(24)7-9-23-8-6-16(14-23)15-4-2-1-3-5-15/h1-5,12-13,16H,6-11,14H2. The van der Waals surface area contributed by atoms with Crippen LogP contribution in [0.5, 0.6) is 5.75 Å². The van der Waals surface area contributed by atoms with Crippen LogP contribution in [0.3, 0.4) is 0 Å². The Labute approximate surface area is 157 Å². The molecule has 0 aromatic heterocycles. The molecular formula is C21H22FNO2S. The van der Waals surface area contributed by atoms with Crippen LogP contribution in [0.25, 0.3) is 0 Å². The average molecular weight is 371 g/mol. The van der Waals surface area contributed by atoms with E-state index in [0.29, 0.717) is 31.2 Å². The van der Waals surface area contributed by atoms with Gasteiger partial charge in [0.15, 0.2) is 5.78 Å². The van der Waals surface area contributed by atoms with E-state index in [9.17, 15) is 9.18 Å². The highest BCUT2D eigenvalue weighted by Crippen LogP contribution is 2.35. The molecule has 4 rings (SSSR count). The van der Waals surface area contributed by atoms with Gasteiger partial charge in [-0.05, 0) is 30.5 Å². The van der Waals surface area contributed by atoms with Crippen molar-refractivity contribution < 1.29 is 13.9 Å². The fourth-order valence-corrected chi connectivity index (χ4v) is 4.55. The summed E-state index contributed by atoms with van der Waals surface area (Å²) in [5.41, 5.74) is 1.56. The van der Waals surface area contributed by atoms with Crippen molar-refractivity contribution in [3.05, 3.63) is 59.4 Å². The molecule has 5 heteroatoms. The fourth-order valence-electron chi connectivity index (χ4n) is 3.71. The second-order valence-electron chi connectivity index (χ2n) is 6.85. The van der Waals surface area contributed by atoms with Gasteiger partial charge >= 0.3 is 0 Å². The zero-order valence-corrected chi connectivity index (χ0v) is 15.4. The number of ketones is 1. The van der Waals surface area contributed by atoms with Crippen molar-refractivity contribution in [2.45, 2.75) is 23.7 Å². The first-order valence-electron chi connectivity index (χ1n) is 9.10. The van der Waals surface area contributed by atoms with Crippen molar-refractivity contribution in [3.63, 3.8) is 0 Å². The summed E-state index contributed by atoms with van der Waals surface area (Å²) < 4.78 is 19.7. The maximum atomic E-state index is 14.3. The van der Waals surface area contributed by atoms with Crippen LogP contribution in [0.2, 0.25) is 0 Å². The van der Waals surface area contributed by atoms with E-state index in [1.807, 2.05) is 6.07 Å². The predicted molar refractivity (Wildman–Crippen MR) is 102 cm³/mol. The number of Topliss-reactive ketones (excluding diaryl/α,β-unsaturated/α-hetero) is 1. The number of benzene rings is 2. The third-order valence-electron chi connectivity index (χ3n) is 5.13. The van der Waals surface area contributed by atoms with Gasteiger partial charge in [-0.2, -0.15) is 0 Å². The van der Waals surface area contributed by atoms with Crippen LogP contribution in [0.4, 0.5) is 4.39 Å². The third-order valence-corrected chi connectivity index (χ3v) is 6.13. The van der Waals surface area contributed by atoms with E-state index in [-0.39, 0.29) is 11.3 Å². The molecule has 0 N–H and O–H groups in total. The lowest BCUT2D eigenvalue weighted by molar-refractivity contribution is 0.0964. The summed E-state index contributed by atoms with van der Waals surface area (Å²) in [5, 5.41) is 0. The van der Waals surface area contributed by atoms with Gasteiger partial charge in [0.1, 0.15) is 11.6 Å². The lowest BCUT2D eigenvalue weighted by Crippen LogP contribution is -2.24. The summed E-state index contributed by atoms with van der Waals surface area (Å²) in [7, 11) is 0. The van der Waals surface area contributed by atoms with Gasteiger partial charge in [-0.3, -0.25) is 4.79 Å². The predicted octanol–water partition coefficient (Wildman–Crippen LogP) is 4.37. The van der Waals surface area contributed by atoms with E-state index in [4.69, 9.17) is 4.74 Å². The summed E-state index contributed by atoms with van der Waals surface area (Å²) >= 11 is 1.62. The van der Waals surface area contributed by atoms with Crippen LogP contribution < -0.4 is 4.74 Å². The lowest BCUT2D eigenvalue weighted by Gasteiger charge is -2.18. The molecule has 0 spiro atoms. The van der Waals surface area contributed by atoms with Crippen LogP contribution in [-0.4, -0.2) is 42.7 Å². The Morgan fingerprint density at radius 3 is 2.96 bits per heavy atom. The second kappa shape index (κ2) is 7.80. The highest BCUT2D eigenvalue weighted by molar-refractivity contribution is 7.99. The van der Waals surface area contributed by atoms with Crippen LogP contribution in [-0.2, 0) is 0 Å². The topological polar surface area (TPSA) is 29.5 Å². The molecule has 2 heterocycles. The van der Waals surface area contributed by atoms with Gasteiger partial charge in [0.05, 0.1) is 17.1 Å². The number of fused-ring (bicyclic) bond motifs is 1. The number of hydrogen-bond acceptors (Lipinski definition) is 4. The molecule has 2 aliphatic heterocycles. The Morgan fingerprint density at radius 1 is 1.27 bits per heavy atom. The minimum atomic E-state index is -0.472. The Morgan fingerprint density at radius 2 is 2.12 bits per heavy atom. The molecule has 0 saturated carbocycles. The number of hydrogen-bond donors (Lipinski definition) is 0. The Hall–Kier alpha value is -1.85. The molecule has 2 aromatic carbocycles. The number of ether oxygens (including phenoxy) is 1. The third kappa shape index (κ3) is 3.79. The molecule has 136 valence electrons. The Balaban J connectivity index is 1.36. The SMILES string of the molecule is O=C(CCN1CCC(c2ccccc2)C1)c1cc2c(cc1F)OCCS2. The van der Waals surface area contributed by atoms with Crippen LogP contribution in [0.15, 0.2) is 47.4 Å². The van der Waals surface area contributed by atoms with E-state index in [2.05, 4.69) is 29.2 Å². The number of thioether (sulfide) groups is 1. The van der Waals surface area contributed by atoms with Crippen LogP contribution >= 0.6 is 11.8 Å². The molecule has 26 heavy (non-hydrogen) atoms. The minimum absolute atomic E-state index is 0.125. The van der Waals surface area contributed by atoms with Crippen molar-refractivity contribution in [2.75, 3.05) is 32.0 Å². The van der Waals surface area contributed by atoms with Gasteiger partial charge in [0.25, 0.3) is 0 Å². The first-order valence-corrected chi connectivity index (χ1v) is 10.1. The number of rotatable bonds is 5. The van der Waals surface area contributed by atoms with Gasteiger partial charge < -0.3 is 9.64 Å². The summed E-state index contributed by atoms with van der Waals surface area (Å²) in [6, 6.07) is 13.5. The van der Waals surface area contributed by atoms with Gasteiger partial charge in [-0.25, -0.2) is 4.39 Å². The molecule has 1 unspecified atom stereocenters. The second-order valence-corrected chi connectivity index (χ2v) is 7.98. The number of likely N-dealkylation sites (tertiary alicyclic amines) is 1. The fraction of sp³-hybridized carbons (Fsp3) is 0.381. The van der Waals surface area contributed by atoms with E-state index >= 15 is 0 Å².